The molecule has 1 aliphatic rings. The molecule has 1 aliphatic heterocycles. The van der Waals surface area contributed by atoms with Gasteiger partial charge >= 0.3 is 6.03 Å². The van der Waals surface area contributed by atoms with Crippen molar-refractivity contribution in [2.75, 3.05) is 13.7 Å². The van der Waals surface area contributed by atoms with Crippen LogP contribution in [0.5, 0.6) is 5.75 Å². The zero-order valence-electron chi connectivity index (χ0n) is 17.6. The number of aromatic nitrogens is 2. The van der Waals surface area contributed by atoms with E-state index in [1.807, 2.05) is 38.1 Å². The fraction of sp³-hybridized carbons (Fsp3) is 0.261. The van der Waals surface area contributed by atoms with Gasteiger partial charge in [0.1, 0.15) is 11.6 Å². The summed E-state index contributed by atoms with van der Waals surface area (Å²) in [4.78, 5) is 19.0. The number of nitrogens with zero attached hydrogens (tertiary/aromatic N) is 3. The monoisotopic (exact) mass is 422 g/mol. The van der Waals surface area contributed by atoms with Crippen LogP contribution >= 0.6 is 0 Å². The van der Waals surface area contributed by atoms with E-state index in [9.17, 15) is 9.18 Å². The molecule has 0 spiro atoms. The second-order valence-corrected chi connectivity index (χ2v) is 7.24. The Balaban J connectivity index is 1.78. The molecule has 1 aromatic heterocycles. The molecule has 0 saturated heterocycles. The summed E-state index contributed by atoms with van der Waals surface area (Å²) in [7, 11) is 1.60. The summed E-state index contributed by atoms with van der Waals surface area (Å²) in [6.07, 6.45) is 0.792. The number of methoxy groups -OCH3 is 1. The largest absolute Gasteiger partial charge is 0.497 e. The van der Waals surface area contributed by atoms with E-state index in [4.69, 9.17) is 9.26 Å². The number of carbonyl (C=O) groups is 1. The van der Waals surface area contributed by atoms with Crippen molar-refractivity contribution in [1.82, 2.24) is 20.4 Å². The molecule has 31 heavy (non-hydrogen) atoms. The molecule has 7 nitrogen and oxygen atoms in total. The minimum absolute atomic E-state index is 0.215. The third kappa shape index (κ3) is 4.01. The average molecular weight is 422 g/mol. The number of carbonyl (C=O) groups excluding carboxylic acids is 1. The molecule has 3 aromatic rings. The number of nitrogens with one attached hydrogen (secondary N) is 1. The van der Waals surface area contributed by atoms with Gasteiger partial charge in [0, 0.05) is 17.8 Å². The minimum atomic E-state index is -0.537. The first-order chi connectivity index (χ1) is 15.0. The molecule has 1 atom stereocenters. The van der Waals surface area contributed by atoms with Crippen LogP contribution < -0.4 is 10.1 Å². The predicted octanol–water partition coefficient (Wildman–Crippen LogP) is 4.79. The molecular formula is C23H23FN4O3. The lowest BCUT2D eigenvalue weighted by molar-refractivity contribution is 0.205. The predicted molar refractivity (Wildman–Crippen MR) is 114 cm³/mol. The van der Waals surface area contributed by atoms with Crippen molar-refractivity contribution in [2.45, 2.75) is 26.3 Å². The average Bonchev–Trinajstić information content (AvgIpc) is 3.26. The Morgan fingerprint density at radius 2 is 1.87 bits per heavy atom. The van der Waals surface area contributed by atoms with Gasteiger partial charge in [-0.3, -0.25) is 4.90 Å². The number of rotatable bonds is 6. The molecule has 0 saturated carbocycles. The van der Waals surface area contributed by atoms with E-state index in [1.54, 1.807) is 24.1 Å². The molecule has 1 N–H and O–H groups in total. The number of urea groups is 1. The fourth-order valence-corrected chi connectivity index (χ4v) is 3.65. The Labute approximate surface area is 179 Å². The standard InChI is InChI=1S/C23H23FN4O3/c1-4-13-28-14(2)19(20(25-23(28)29)15-5-9-17(24)10-6-15)22-26-21(27-31-22)16-7-11-18(30-3)12-8-16/h5-12,20H,4,13H2,1-3H3,(H,25,29). The Morgan fingerprint density at radius 3 is 2.52 bits per heavy atom. The lowest BCUT2D eigenvalue weighted by Gasteiger charge is -2.35. The van der Waals surface area contributed by atoms with Gasteiger partial charge in [-0.2, -0.15) is 4.98 Å². The highest BCUT2D eigenvalue weighted by Crippen LogP contribution is 2.37. The Morgan fingerprint density at radius 1 is 1.16 bits per heavy atom. The number of amides is 2. The molecule has 0 radical (unpaired) electrons. The maximum absolute atomic E-state index is 13.5. The van der Waals surface area contributed by atoms with Crippen molar-refractivity contribution in [1.29, 1.82) is 0 Å². The maximum atomic E-state index is 13.5. The van der Waals surface area contributed by atoms with Crippen molar-refractivity contribution in [2.24, 2.45) is 0 Å². The van der Waals surface area contributed by atoms with Crippen LogP contribution in [0.1, 0.15) is 37.8 Å². The molecular weight excluding hydrogens is 399 g/mol. The van der Waals surface area contributed by atoms with Gasteiger partial charge < -0.3 is 14.6 Å². The highest BCUT2D eigenvalue weighted by Gasteiger charge is 2.35. The molecule has 160 valence electrons. The van der Waals surface area contributed by atoms with Crippen molar-refractivity contribution in [3.63, 3.8) is 0 Å². The van der Waals surface area contributed by atoms with Crippen LogP contribution in [0.4, 0.5) is 9.18 Å². The first-order valence-corrected chi connectivity index (χ1v) is 10.0. The second-order valence-electron chi connectivity index (χ2n) is 7.24. The Kier molecular flexibility index (Phi) is 5.70. The molecule has 1 unspecified atom stereocenters. The summed E-state index contributed by atoms with van der Waals surface area (Å²) >= 11 is 0. The first kappa shape index (κ1) is 20.6. The summed E-state index contributed by atoms with van der Waals surface area (Å²) in [5, 5.41) is 7.12. The van der Waals surface area contributed by atoms with Gasteiger partial charge in [0.2, 0.25) is 5.82 Å². The van der Waals surface area contributed by atoms with Crippen LogP contribution in [-0.4, -0.2) is 34.7 Å². The topological polar surface area (TPSA) is 80.5 Å². The summed E-state index contributed by atoms with van der Waals surface area (Å²) in [5.41, 5.74) is 2.92. The lowest BCUT2D eigenvalue weighted by atomic mass is 9.94. The first-order valence-electron chi connectivity index (χ1n) is 10.0. The zero-order valence-corrected chi connectivity index (χ0v) is 17.6. The van der Waals surface area contributed by atoms with Crippen LogP contribution in [0.3, 0.4) is 0 Å². The SMILES string of the molecule is CCCN1C(=O)NC(c2ccc(F)cc2)C(c2nc(-c3ccc(OC)cc3)no2)=C1C. The van der Waals surface area contributed by atoms with Crippen LogP contribution in [-0.2, 0) is 0 Å². The van der Waals surface area contributed by atoms with Crippen LogP contribution in [0, 0.1) is 5.82 Å². The van der Waals surface area contributed by atoms with Crippen LogP contribution in [0.15, 0.2) is 58.8 Å². The molecule has 0 aliphatic carbocycles. The van der Waals surface area contributed by atoms with Gasteiger partial charge in [-0.05, 0) is 55.3 Å². The number of hydrogen-bond acceptors (Lipinski definition) is 5. The Hall–Kier alpha value is -3.68. The summed E-state index contributed by atoms with van der Waals surface area (Å²) in [6, 6.07) is 12.6. The maximum Gasteiger partial charge on any atom is 0.322 e. The summed E-state index contributed by atoms with van der Waals surface area (Å²) in [5.74, 6) is 1.11. The van der Waals surface area contributed by atoms with Crippen LogP contribution in [0.2, 0.25) is 0 Å². The van der Waals surface area contributed by atoms with Gasteiger partial charge in [0.15, 0.2) is 0 Å². The fourth-order valence-electron chi connectivity index (χ4n) is 3.65. The zero-order chi connectivity index (χ0) is 22.0. The third-order valence-electron chi connectivity index (χ3n) is 5.25. The smallest absolute Gasteiger partial charge is 0.322 e. The van der Waals surface area contributed by atoms with E-state index in [1.165, 1.54) is 12.1 Å². The highest BCUT2D eigenvalue weighted by molar-refractivity contribution is 5.86. The third-order valence-corrected chi connectivity index (χ3v) is 5.25. The normalized spacial score (nSPS) is 16.5. The number of allylic oxidation sites excluding steroid dienone is 1. The van der Waals surface area contributed by atoms with Gasteiger partial charge in [-0.15, -0.1) is 0 Å². The highest BCUT2D eigenvalue weighted by atomic mass is 19.1. The van der Waals surface area contributed by atoms with Crippen LogP contribution in [0.25, 0.3) is 17.0 Å². The molecule has 2 aromatic carbocycles. The van der Waals surface area contributed by atoms with Gasteiger partial charge in [-0.25, -0.2) is 9.18 Å². The number of ether oxygens (including phenoxy) is 1. The van der Waals surface area contributed by atoms with Crippen molar-refractivity contribution in [3.05, 3.63) is 71.5 Å². The van der Waals surface area contributed by atoms with Crippen molar-refractivity contribution in [3.8, 4) is 17.1 Å². The van der Waals surface area contributed by atoms with E-state index in [0.717, 1.165) is 29.0 Å². The summed E-state index contributed by atoms with van der Waals surface area (Å²) in [6.45, 7) is 4.41. The van der Waals surface area contributed by atoms with E-state index < -0.39 is 6.04 Å². The lowest BCUT2D eigenvalue weighted by Crippen LogP contribution is -2.46. The second kappa shape index (κ2) is 8.59. The number of hydrogen-bond donors (Lipinski definition) is 1. The molecule has 2 amide bonds. The van der Waals surface area contributed by atoms with Gasteiger partial charge in [0.05, 0.1) is 18.7 Å². The summed E-state index contributed by atoms with van der Waals surface area (Å²) < 4.78 is 24.3. The molecule has 0 bridgehead atoms. The molecule has 4 rings (SSSR count). The van der Waals surface area contributed by atoms with E-state index in [-0.39, 0.29) is 11.8 Å². The number of halogens is 1. The van der Waals surface area contributed by atoms with E-state index in [2.05, 4.69) is 15.5 Å². The van der Waals surface area contributed by atoms with Crippen molar-refractivity contribution < 1.29 is 18.4 Å². The number of benzene rings is 2. The van der Waals surface area contributed by atoms with E-state index >= 15 is 0 Å². The quantitative estimate of drug-likeness (QED) is 0.618. The Bertz CT molecular complexity index is 1110. The van der Waals surface area contributed by atoms with Crippen molar-refractivity contribution >= 4 is 11.6 Å². The molecule has 2 heterocycles. The van der Waals surface area contributed by atoms with Gasteiger partial charge in [0.25, 0.3) is 5.89 Å². The molecule has 8 heteroatoms. The molecule has 0 fully saturated rings. The minimum Gasteiger partial charge on any atom is -0.497 e. The van der Waals surface area contributed by atoms with E-state index in [0.29, 0.717) is 23.8 Å². The van der Waals surface area contributed by atoms with Gasteiger partial charge in [-0.1, -0.05) is 24.2 Å².